The van der Waals surface area contributed by atoms with Gasteiger partial charge in [-0.05, 0) is 49.9 Å². The summed E-state index contributed by atoms with van der Waals surface area (Å²) in [7, 11) is 1.95. The molecule has 0 spiro atoms. The average Bonchev–Trinajstić information content (AvgIpc) is 2.81. The van der Waals surface area contributed by atoms with Gasteiger partial charge in [-0.1, -0.05) is 23.2 Å². The van der Waals surface area contributed by atoms with E-state index in [0.29, 0.717) is 11.1 Å². The van der Waals surface area contributed by atoms with Crippen molar-refractivity contribution in [2.24, 2.45) is 0 Å². The van der Waals surface area contributed by atoms with Crippen LogP contribution in [0.25, 0.3) is 0 Å². The highest BCUT2D eigenvalue weighted by molar-refractivity contribution is 6.33. The highest BCUT2D eigenvalue weighted by atomic mass is 35.5. The van der Waals surface area contributed by atoms with E-state index in [1.165, 1.54) is 5.69 Å². The summed E-state index contributed by atoms with van der Waals surface area (Å²) < 4.78 is 2.18. The predicted molar refractivity (Wildman–Crippen MR) is 77.5 cm³/mol. The lowest BCUT2D eigenvalue weighted by Gasteiger charge is -2.15. The number of nitrogens with zero attached hydrogens (tertiary/aromatic N) is 1. The molecule has 0 radical (unpaired) electrons. The first-order chi connectivity index (χ1) is 8.61. The normalized spacial score (nSPS) is 12.7. The van der Waals surface area contributed by atoms with Crippen LogP contribution in [0.2, 0.25) is 10.0 Å². The quantitative estimate of drug-likeness (QED) is 0.893. The lowest BCUT2D eigenvalue weighted by molar-refractivity contribution is 0.589. The standard InChI is InChI=1S/C14H16Cl2N2/c1-10(17-2)14-4-3-7-18(14)9-11-8-12(15)5-6-13(11)16/h3-8,10,17H,9H2,1-2H3. The Morgan fingerprint density at radius 2 is 2.06 bits per heavy atom. The summed E-state index contributed by atoms with van der Waals surface area (Å²) in [4.78, 5) is 0. The van der Waals surface area contributed by atoms with E-state index in [1.54, 1.807) is 6.07 Å². The van der Waals surface area contributed by atoms with Crippen LogP contribution >= 0.6 is 23.2 Å². The van der Waals surface area contributed by atoms with Crippen molar-refractivity contribution in [3.63, 3.8) is 0 Å². The van der Waals surface area contributed by atoms with Crippen molar-refractivity contribution in [2.45, 2.75) is 19.5 Å². The third-order valence-electron chi connectivity index (χ3n) is 3.09. The van der Waals surface area contributed by atoms with Crippen molar-refractivity contribution in [1.82, 2.24) is 9.88 Å². The van der Waals surface area contributed by atoms with E-state index in [0.717, 1.165) is 17.1 Å². The number of aromatic nitrogens is 1. The Bertz CT molecular complexity index is 534. The van der Waals surface area contributed by atoms with E-state index in [9.17, 15) is 0 Å². The molecular formula is C14H16Cl2N2. The van der Waals surface area contributed by atoms with Gasteiger partial charge in [0.2, 0.25) is 0 Å². The molecule has 1 heterocycles. The van der Waals surface area contributed by atoms with Crippen LogP contribution < -0.4 is 5.32 Å². The molecule has 0 aliphatic rings. The molecule has 1 N–H and O–H groups in total. The maximum atomic E-state index is 6.19. The molecule has 0 saturated carbocycles. The van der Waals surface area contributed by atoms with Crippen LogP contribution in [-0.2, 0) is 6.54 Å². The summed E-state index contributed by atoms with van der Waals surface area (Å²) in [5.41, 5.74) is 2.26. The van der Waals surface area contributed by atoms with Crippen LogP contribution in [-0.4, -0.2) is 11.6 Å². The maximum Gasteiger partial charge on any atom is 0.0488 e. The fourth-order valence-electron chi connectivity index (χ4n) is 1.96. The van der Waals surface area contributed by atoms with E-state index in [1.807, 2.05) is 25.2 Å². The first-order valence-electron chi connectivity index (χ1n) is 5.88. The minimum Gasteiger partial charge on any atom is -0.346 e. The third-order valence-corrected chi connectivity index (χ3v) is 3.69. The van der Waals surface area contributed by atoms with Crippen molar-refractivity contribution >= 4 is 23.2 Å². The molecular weight excluding hydrogens is 267 g/mol. The summed E-state index contributed by atoms with van der Waals surface area (Å²) in [6.45, 7) is 2.86. The summed E-state index contributed by atoms with van der Waals surface area (Å²) in [5, 5.41) is 4.70. The zero-order valence-electron chi connectivity index (χ0n) is 10.5. The Morgan fingerprint density at radius 3 is 2.78 bits per heavy atom. The predicted octanol–water partition coefficient (Wildman–Crippen LogP) is 4.12. The Hall–Kier alpha value is -0.960. The zero-order chi connectivity index (χ0) is 13.1. The molecule has 1 aromatic carbocycles. The van der Waals surface area contributed by atoms with Crippen LogP contribution in [0.5, 0.6) is 0 Å². The Kier molecular flexibility index (Phi) is 4.33. The molecule has 0 amide bonds. The third kappa shape index (κ3) is 2.89. The fraction of sp³-hybridized carbons (Fsp3) is 0.286. The lowest BCUT2D eigenvalue weighted by Crippen LogP contribution is -2.17. The van der Waals surface area contributed by atoms with Gasteiger partial charge in [0.25, 0.3) is 0 Å². The first-order valence-corrected chi connectivity index (χ1v) is 6.63. The highest BCUT2D eigenvalue weighted by Gasteiger charge is 2.09. The van der Waals surface area contributed by atoms with Crippen LogP contribution in [0.15, 0.2) is 36.5 Å². The number of hydrogen-bond acceptors (Lipinski definition) is 1. The number of hydrogen-bond donors (Lipinski definition) is 1. The van der Waals surface area contributed by atoms with E-state index < -0.39 is 0 Å². The summed E-state index contributed by atoms with van der Waals surface area (Å²) >= 11 is 12.2. The summed E-state index contributed by atoms with van der Waals surface area (Å²) in [6.07, 6.45) is 2.06. The molecule has 0 aliphatic carbocycles. The second-order valence-corrected chi connectivity index (χ2v) is 5.15. The largest absolute Gasteiger partial charge is 0.346 e. The fourth-order valence-corrected chi connectivity index (χ4v) is 2.33. The van der Waals surface area contributed by atoms with Crippen molar-refractivity contribution in [3.8, 4) is 0 Å². The maximum absolute atomic E-state index is 6.19. The molecule has 96 valence electrons. The van der Waals surface area contributed by atoms with Crippen molar-refractivity contribution < 1.29 is 0 Å². The van der Waals surface area contributed by atoms with Gasteiger partial charge in [-0.25, -0.2) is 0 Å². The highest BCUT2D eigenvalue weighted by Crippen LogP contribution is 2.23. The average molecular weight is 283 g/mol. The SMILES string of the molecule is CNC(C)c1cccn1Cc1cc(Cl)ccc1Cl. The Balaban J connectivity index is 2.29. The molecule has 2 aromatic rings. The number of benzene rings is 1. The molecule has 0 saturated heterocycles. The van der Waals surface area contributed by atoms with Crippen LogP contribution in [0.3, 0.4) is 0 Å². The molecule has 2 nitrogen and oxygen atoms in total. The molecule has 1 atom stereocenters. The van der Waals surface area contributed by atoms with Gasteiger partial charge in [-0.2, -0.15) is 0 Å². The topological polar surface area (TPSA) is 17.0 Å². The molecule has 1 unspecified atom stereocenters. The molecule has 4 heteroatoms. The monoisotopic (exact) mass is 282 g/mol. The van der Waals surface area contributed by atoms with Gasteiger partial charge >= 0.3 is 0 Å². The minimum absolute atomic E-state index is 0.304. The van der Waals surface area contributed by atoms with E-state index in [-0.39, 0.29) is 0 Å². The zero-order valence-corrected chi connectivity index (χ0v) is 12.0. The minimum atomic E-state index is 0.304. The van der Waals surface area contributed by atoms with Crippen LogP contribution in [0, 0.1) is 0 Å². The molecule has 0 bridgehead atoms. The second-order valence-electron chi connectivity index (χ2n) is 4.31. The second kappa shape index (κ2) is 5.79. The van der Waals surface area contributed by atoms with Gasteiger partial charge < -0.3 is 9.88 Å². The molecule has 1 aromatic heterocycles. The van der Waals surface area contributed by atoms with E-state index in [2.05, 4.69) is 29.1 Å². The van der Waals surface area contributed by atoms with Crippen molar-refractivity contribution in [3.05, 3.63) is 57.8 Å². The van der Waals surface area contributed by atoms with Gasteiger partial charge in [0.05, 0.1) is 0 Å². The van der Waals surface area contributed by atoms with Crippen LogP contribution in [0.1, 0.15) is 24.2 Å². The Labute approximate surface area is 118 Å². The molecule has 0 aliphatic heterocycles. The van der Waals surface area contributed by atoms with Gasteiger partial charge in [-0.3, -0.25) is 0 Å². The van der Waals surface area contributed by atoms with E-state index >= 15 is 0 Å². The molecule has 2 rings (SSSR count). The van der Waals surface area contributed by atoms with Crippen molar-refractivity contribution in [1.29, 1.82) is 0 Å². The van der Waals surface area contributed by atoms with Gasteiger partial charge in [0.15, 0.2) is 0 Å². The molecule has 0 fully saturated rings. The van der Waals surface area contributed by atoms with Gasteiger partial charge in [0, 0.05) is 34.5 Å². The number of nitrogens with one attached hydrogen (secondary N) is 1. The first kappa shape index (κ1) is 13.5. The summed E-state index contributed by atoms with van der Waals surface area (Å²) in [6, 6.07) is 10.0. The van der Waals surface area contributed by atoms with E-state index in [4.69, 9.17) is 23.2 Å². The van der Waals surface area contributed by atoms with Gasteiger partial charge in [-0.15, -0.1) is 0 Å². The lowest BCUT2D eigenvalue weighted by atomic mass is 10.2. The molecule has 18 heavy (non-hydrogen) atoms. The van der Waals surface area contributed by atoms with Gasteiger partial charge in [0.1, 0.15) is 0 Å². The number of halogens is 2. The number of rotatable bonds is 4. The Morgan fingerprint density at radius 1 is 1.28 bits per heavy atom. The van der Waals surface area contributed by atoms with Crippen LogP contribution in [0.4, 0.5) is 0 Å². The summed E-state index contributed by atoms with van der Waals surface area (Å²) in [5.74, 6) is 0. The smallest absolute Gasteiger partial charge is 0.0488 e. The van der Waals surface area contributed by atoms with Crippen molar-refractivity contribution in [2.75, 3.05) is 7.05 Å².